The number of rotatable bonds is 8. The summed E-state index contributed by atoms with van der Waals surface area (Å²) >= 11 is 0. The Morgan fingerprint density at radius 2 is 1.83 bits per heavy atom. The van der Waals surface area contributed by atoms with Gasteiger partial charge >= 0.3 is 6.09 Å². The fourth-order valence-corrected chi connectivity index (χ4v) is 10.1. The Hall–Kier alpha value is -4.35. The molecule has 1 unspecified atom stereocenters. The van der Waals surface area contributed by atoms with Gasteiger partial charge in [-0.15, -0.1) is 0 Å². The Labute approximate surface area is 343 Å². The molecule has 324 valence electrons. The number of ether oxygens (including phenoxy) is 3. The molecular formula is C41H56F2N6O9S. The van der Waals surface area contributed by atoms with Gasteiger partial charge in [-0.1, -0.05) is 47.5 Å². The highest BCUT2D eigenvalue weighted by Crippen LogP contribution is 2.53. The van der Waals surface area contributed by atoms with Crippen LogP contribution in [0.25, 0.3) is 11.0 Å². The minimum absolute atomic E-state index is 0.162. The Morgan fingerprint density at radius 1 is 1.10 bits per heavy atom. The van der Waals surface area contributed by atoms with E-state index < -0.39 is 98.0 Å². The Bertz CT molecular complexity index is 2130. The maximum atomic E-state index is 14.9. The SMILES string of the molecule is CCC12C[C@H]1CCCCCc1nc3ccc(OC)cc3nc1O[C@H]1CN(C(=O)[C@H](C(C)(C)C)NC(=O)O2)[C@H](C(=O)N[C@]2(C(=O)NS(=O)(=O)C3(C)CC3)C[C@H]2C(F)F)[C@@H]1C. The average Bonchev–Trinajstić information content (AvgIpc) is 4.12. The maximum absolute atomic E-state index is 14.9. The predicted molar refractivity (Wildman–Crippen MR) is 211 cm³/mol. The summed E-state index contributed by atoms with van der Waals surface area (Å²) in [4.78, 5) is 67.8. The van der Waals surface area contributed by atoms with Crippen molar-refractivity contribution in [2.24, 2.45) is 23.2 Å². The summed E-state index contributed by atoms with van der Waals surface area (Å²) in [5.41, 5.74) is -2.13. The highest BCUT2D eigenvalue weighted by atomic mass is 32.2. The summed E-state index contributed by atoms with van der Waals surface area (Å²) in [5, 5.41) is 5.28. The van der Waals surface area contributed by atoms with Crippen LogP contribution in [0.15, 0.2) is 18.2 Å². The Kier molecular flexibility index (Phi) is 11.1. The van der Waals surface area contributed by atoms with Crippen LogP contribution in [-0.4, -0.2) is 101 Å². The number of methoxy groups -OCH3 is 1. The molecule has 5 aliphatic rings. The molecule has 2 bridgehead atoms. The van der Waals surface area contributed by atoms with Crippen molar-refractivity contribution in [1.82, 2.24) is 30.2 Å². The fourth-order valence-electron chi connectivity index (χ4n) is 8.78. The highest BCUT2D eigenvalue weighted by Gasteiger charge is 2.68. The zero-order valence-electron chi connectivity index (χ0n) is 34.7. The van der Waals surface area contributed by atoms with Gasteiger partial charge in [0.2, 0.25) is 34.1 Å². The summed E-state index contributed by atoms with van der Waals surface area (Å²) in [6.45, 7) is 10.1. The monoisotopic (exact) mass is 846 g/mol. The summed E-state index contributed by atoms with van der Waals surface area (Å²) in [7, 11) is -2.71. The standard InChI is InChI=1S/C41H56F2N6O9S/c1-8-40-19-23(40)12-10-9-11-13-27-34(45-28-18-24(56-7)14-15-26(28)44-27)57-29-21-49(35(51)31(38(3,4)5)46-37(53)58-40)30(22(29)2)33(50)47-41(20-25(41)32(42)43)36(52)48-59(54,55)39(6)16-17-39/h14-15,18,22-23,25,29-32H,8-13,16-17,19-21H2,1-7H3,(H,46,53)(H,47,50)(H,48,52)/t22-,23-,25+,29+,30+,31-,40?,41-/m1/s1. The molecule has 3 N–H and O–H groups in total. The number of carbonyl (C=O) groups is 4. The fraction of sp³-hybridized carbons (Fsp3) is 0.707. The Morgan fingerprint density at radius 3 is 2.46 bits per heavy atom. The van der Waals surface area contributed by atoms with Gasteiger partial charge in [-0.3, -0.25) is 19.1 Å². The number of sulfonamides is 1. The normalized spacial score (nSPS) is 32.0. The third kappa shape index (κ3) is 8.13. The number of alkyl carbamates (subject to hydrolysis) is 1. The number of alkyl halides is 2. The van der Waals surface area contributed by atoms with E-state index in [1.54, 1.807) is 45.9 Å². The molecule has 1 saturated heterocycles. The minimum Gasteiger partial charge on any atom is -0.497 e. The number of halogens is 2. The lowest BCUT2D eigenvalue weighted by atomic mass is 9.85. The molecule has 0 radical (unpaired) electrons. The summed E-state index contributed by atoms with van der Waals surface area (Å²) < 4.78 is 73.7. The zero-order valence-corrected chi connectivity index (χ0v) is 35.5. The molecule has 18 heteroatoms. The van der Waals surface area contributed by atoms with E-state index in [-0.39, 0.29) is 18.3 Å². The van der Waals surface area contributed by atoms with Crippen molar-refractivity contribution in [3.63, 3.8) is 0 Å². The van der Waals surface area contributed by atoms with Gasteiger partial charge in [0, 0.05) is 17.9 Å². The number of aromatic nitrogens is 2. The number of hydrogen-bond acceptors (Lipinski definition) is 11. The number of nitrogens with one attached hydrogen (secondary N) is 3. The van der Waals surface area contributed by atoms with E-state index >= 15 is 0 Å². The number of amides is 4. The lowest BCUT2D eigenvalue weighted by molar-refractivity contribution is -0.143. The molecule has 15 nitrogen and oxygen atoms in total. The van der Waals surface area contributed by atoms with Gasteiger partial charge in [0.05, 0.1) is 35.4 Å². The Balaban J connectivity index is 1.26. The van der Waals surface area contributed by atoms with E-state index in [0.717, 1.165) is 25.7 Å². The number of fused-ring (bicyclic) bond motifs is 5. The zero-order chi connectivity index (χ0) is 42.9. The molecule has 2 aromatic rings. The lowest BCUT2D eigenvalue weighted by Crippen LogP contribution is -2.61. The molecule has 1 aromatic carbocycles. The molecule has 8 atom stereocenters. The predicted octanol–water partition coefficient (Wildman–Crippen LogP) is 4.80. The van der Waals surface area contributed by atoms with Crippen LogP contribution in [0.1, 0.15) is 105 Å². The van der Waals surface area contributed by atoms with Gasteiger partial charge in [0.1, 0.15) is 40.8 Å². The molecular weight excluding hydrogens is 791 g/mol. The highest BCUT2D eigenvalue weighted by molar-refractivity contribution is 7.91. The molecule has 1 aromatic heterocycles. The van der Waals surface area contributed by atoms with Crippen LogP contribution in [0, 0.1) is 23.2 Å². The van der Waals surface area contributed by atoms with E-state index in [1.807, 2.05) is 11.6 Å². The van der Waals surface area contributed by atoms with Gasteiger partial charge in [-0.2, -0.15) is 0 Å². The van der Waals surface area contributed by atoms with Crippen LogP contribution >= 0.6 is 0 Å². The van der Waals surface area contributed by atoms with Crippen molar-refractivity contribution < 1.29 is 50.6 Å². The maximum Gasteiger partial charge on any atom is 0.408 e. The summed E-state index contributed by atoms with van der Waals surface area (Å²) in [6, 6.07) is 2.68. The molecule has 59 heavy (non-hydrogen) atoms. The van der Waals surface area contributed by atoms with Crippen LogP contribution in [0.5, 0.6) is 11.6 Å². The number of nitrogens with zero attached hydrogens (tertiary/aromatic N) is 3. The van der Waals surface area contributed by atoms with Crippen molar-refractivity contribution in [3.8, 4) is 11.6 Å². The van der Waals surface area contributed by atoms with Crippen LogP contribution in [0.3, 0.4) is 0 Å². The quantitative estimate of drug-likeness (QED) is 0.331. The largest absolute Gasteiger partial charge is 0.497 e. The van der Waals surface area contributed by atoms with E-state index in [9.17, 15) is 36.4 Å². The summed E-state index contributed by atoms with van der Waals surface area (Å²) in [5.74, 6) is -4.47. The molecule has 7 rings (SSSR count). The second kappa shape index (κ2) is 15.3. The number of aryl methyl sites for hydroxylation is 1. The number of hydrogen-bond donors (Lipinski definition) is 3. The first kappa shape index (κ1) is 42.8. The third-order valence-electron chi connectivity index (χ3n) is 13.3. The van der Waals surface area contributed by atoms with Gasteiger partial charge < -0.3 is 29.7 Å². The smallest absolute Gasteiger partial charge is 0.408 e. The topological polar surface area (TPSA) is 195 Å². The van der Waals surface area contributed by atoms with Crippen LogP contribution in [0.2, 0.25) is 0 Å². The van der Waals surface area contributed by atoms with Crippen LogP contribution < -0.4 is 24.8 Å². The molecule has 2 aliphatic heterocycles. The summed E-state index contributed by atoms with van der Waals surface area (Å²) in [6.07, 6.45) is 0.532. The van der Waals surface area contributed by atoms with Crippen LogP contribution in [-0.2, 0) is 35.6 Å². The van der Waals surface area contributed by atoms with Gasteiger partial charge in [-0.05, 0) is 75.8 Å². The number of carbonyl (C=O) groups excluding carboxylic acids is 4. The lowest BCUT2D eigenvalue weighted by Gasteiger charge is -2.36. The van der Waals surface area contributed by atoms with Crippen molar-refractivity contribution in [2.45, 2.75) is 146 Å². The second-order valence-electron chi connectivity index (χ2n) is 18.5. The van der Waals surface area contributed by atoms with Crippen LogP contribution in [0.4, 0.5) is 13.6 Å². The van der Waals surface area contributed by atoms with E-state index in [0.29, 0.717) is 54.6 Å². The van der Waals surface area contributed by atoms with Crippen molar-refractivity contribution in [3.05, 3.63) is 23.9 Å². The molecule has 3 saturated carbocycles. The van der Waals surface area contributed by atoms with Gasteiger partial charge in [0.25, 0.3) is 5.91 Å². The first-order valence-electron chi connectivity index (χ1n) is 20.7. The van der Waals surface area contributed by atoms with E-state index in [2.05, 4.69) is 10.6 Å². The van der Waals surface area contributed by atoms with Crippen molar-refractivity contribution in [2.75, 3.05) is 13.7 Å². The molecule has 3 heterocycles. The average molecular weight is 847 g/mol. The first-order valence-corrected chi connectivity index (χ1v) is 22.1. The second-order valence-corrected chi connectivity index (χ2v) is 20.7. The van der Waals surface area contributed by atoms with Crippen molar-refractivity contribution >= 4 is 44.9 Å². The molecule has 3 aliphatic carbocycles. The van der Waals surface area contributed by atoms with E-state index in [1.165, 1.54) is 18.9 Å². The first-order chi connectivity index (χ1) is 27.7. The van der Waals surface area contributed by atoms with Crippen molar-refractivity contribution in [1.29, 1.82) is 0 Å². The number of benzene rings is 1. The van der Waals surface area contributed by atoms with E-state index in [4.69, 9.17) is 24.2 Å². The van der Waals surface area contributed by atoms with Gasteiger partial charge in [-0.25, -0.2) is 32.0 Å². The van der Waals surface area contributed by atoms with Gasteiger partial charge in [0.15, 0.2) is 0 Å². The molecule has 4 amide bonds. The molecule has 0 spiro atoms. The molecule has 4 fully saturated rings. The minimum atomic E-state index is -4.24. The third-order valence-corrected chi connectivity index (χ3v) is 15.5.